The summed E-state index contributed by atoms with van der Waals surface area (Å²) in [4.78, 5) is 0. The number of hydrogen-bond acceptors (Lipinski definition) is 4. The van der Waals surface area contributed by atoms with Gasteiger partial charge in [0.15, 0.2) is 0 Å². The monoisotopic (exact) mass is 424 g/mol. The Bertz CT molecular complexity index is 1100. The molecule has 2 heterocycles. The molecule has 1 aliphatic heterocycles. The minimum absolute atomic E-state index is 0.0298. The van der Waals surface area contributed by atoms with Gasteiger partial charge in [-0.15, -0.1) is 0 Å². The highest BCUT2D eigenvalue weighted by molar-refractivity contribution is 5.83. The SMILES string of the molecule is CC[C@@]12CC[C@](O)(COC)C[C@@H]1CCOc1cc3c(cnn3-c3ccc(F)cc3)cc12. The summed E-state index contributed by atoms with van der Waals surface area (Å²) in [6, 6.07) is 10.7. The molecule has 5 rings (SSSR count). The lowest BCUT2D eigenvalue weighted by Crippen LogP contribution is -2.49. The summed E-state index contributed by atoms with van der Waals surface area (Å²) in [5.74, 6) is 0.967. The molecule has 1 N–H and O–H groups in total. The Morgan fingerprint density at radius 1 is 1.26 bits per heavy atom. The Labute approximate surface area is 181 Å². The van der Waals surface area contributed by atoms with Crippen molar-refractivity contribution in [2.45, 2.75) is 50.0 Å². The molecule has 164 valence electrons. The molecule has 1 aromatic heterocycles. The van der Waals surface area contributed by atoms with E-state index < -0.39 is 5.60 Å². The Balaban J connectivity index is 1.60. The number of benzene rings is 2. The smallest absolute Gasteiger partial charge is 0.125 e. The zero-order chi connectivity index (χ0) is 21.6. The second-order valence-corrected chi connectivity index (χ2v) is 9.15. The zero-order valence-corrected chi connectivity index (χ0v) is 18.1. The fourth-order valence-corrected chi connectivity index (χ4v) is 5.87. The van der Waals surface area contributed by atoms with Gasteiger partial charge in [0.05, 0.1) is 36.2 Å². The van der Waals surface area contributed by atoms with Crippen LogP contribution in [0.2, 0.25) is 0 Å². The van der Waals surface area contributed by atoms with Crippen LogP contribution in [0.1, 0.15) is 44.6 Å². The van der Waals surface area contributed by atoms with Gasteiger partial charge in [0, 0.05) is 29.5 Å². The van der Waals surface area contributed by atoms with E-state index in [1.807, 2.05) is 10.9 Å². The fraction of sp³-hybridized carbons (Fsp3) is 0.480. The summed E-state index contributed by atoms with van der Waals surface area (Å²) >= 11 is 0. The van der Waals surface area contributed by atoms with Gasteiger partial charge in [-0.25, -0.2) is 9.07 Å². The molecule has 1 fully saturated rings. The first kappa shape index (κ1) is 20.5. The maximum absolute atomic E-state index is 13.4. The number of halogens is 1. The lowest BCUT2D eigenvalue weighted by molar-refractivity contribution is -0.0903. The minimum Gasteiger partial charge on any atom is -0.493 e. The summed E-state index contributed by atoms with van der Waals surface area (Å²) in [6.45, 7) is 3.24. The van der Waals surface area contributed by atoms with Gasteiger partial charge in [0.25, 0.3) is 0 Å². The van der Waals surface area contributed by atoms with Crippen LogP contribution < -0.4 is 4.74 Å². The quantitative estimate of drug-likeness (QED) is 0.655. The van der Waals surface area contributed by atoms with Crippen LogP contribution in [0.3, 0.4) is 0 Å². The largest absolute Gasteiger partial charge is 0.493 e. The van der Waals surface area contributed by atoms with Gasteiger partial charge in [-0.05, 0) is 68.4 Å². The van der Waals surface area contributed by atoms with Crippen LogP contribution in [0.5, 0.6) is 5.75 Å². The van der Waals surface area contributed by atoms with Crippen LogP contribution in [0.4, 0.5) is 4.39 Å². The summed E-state index contributed by atoms with van der Waals surface area (Å²) in [5, 5.41) is 16.7. The van der Waals surface area contributed by atoms with Crippen molar-refractivity contribution in [3.63, 3.8) is 0 Å². The third-order valence-corrected chi connectivity index (χ3v) is 7.49. The van der Waals surface area contributed by atoms with E-state index in [0.29, 0.717) is 19.1 Å². The van der Waals surface area contributed by atoms with Crippen LogP contribution in [-0.2, 0) is 10.2 Å². The standard InChI is InChI=1S/C25H29FN2O3/c1-3-25-10-9-24(29,16-30-2)14-18(25)8-11-31-23-13-22-17(12-21(23)25)15-27-28(22)20-6-4-19(26)5-7-20/h4-7,12-13,15,18,29H,3,8-11,14,16H2,1-2H3/t18-,24+,25+/m0/s1. The summed E-state index contributed by atoms with van der Waals surface area (Å²) in [5.41, 5.74) is 2.19. The van der Waals surface area contributed by atoms with Crippen LogP contribution in [-0.4, -0.2) is 40.8 Å². The molecular weight excluding hydrogens is 395 g/mol. The number of methoxy groups -OCH3 is 1. The number of ether oxygens (including phenoxy) is 2. The van der Waals surface area contributed by atoms with Crippen molar-refractivity contribution < 1.29 is 19.0 Å². The fourth-order valence-electron chi connectivity index (χ4n) is 5.87. The summed E-state index contributed by atoms with van der Waals surface area (Å²) in [6.07, 6.45) is 6.12. The molecule has 3 aromatic rings. The molecule has 1 aliphatic carbocycles. The minimum atomic E-state index is -0.764. The van der Waals surface area contributed by atoms with Crippen molar-refractivity contribution in [2.24, 2.45) is 5.92 Å². The Hall–Kier alpha value is -2.44. The molecule has 0 amide bonds. The van der Waals surface area contributed by atoms with Crippen molar-refractivity contribution in [3.8, 4) is 11.4 Å². The maximum atomic E-state index is 13.4. The molecule has 2 aliphatic rings. The van der Waals surface area contributed by atoms with E-state index in [9.17, 15) is 9.50 Å². The highest BCUT2D eigenvalue weighted by Crippen LogP contribution is 2.54. The number of fused-ring (bicyclic) bond motifs is 4. The van der Waals surface area contributed by atoms with Gasteiger partial charge >= 0.3 is 0 Å². The first-order chi connectivity index (χ1) is 15.0. The van der Waals surface area contributed by atoms with Gasteiger partial charge < -0.3 is 14.6 Å². The number of hydrogen-bond donors (Lipinski definition) is 1. The second-order valence-electron chi connectivity index (χ2n) is 9.15. The van der Waals surface area contributed by atoms with Crippen LogP contribution in [0.25, 0.3) is 16.6 Å². The highest BCUT2D eigenvalue weighted by atomic mass is 19.1. The zero-order valence-electron chi connectivity index (χ0n) is 18.1. The Morgan fingerprint density at radius 2 is 2.06 bits per heavy atom. The average molecular weight is 425 g/mol. The Kier molecular flexibility index (Phi) is 5.02. The molecule has 1 saturated carbocycles. The van der Waals surface area contributed by atoms with Gasteiger partial charge in [0.2, 0.25) is 0 Å². The third-order valence-electron chi connectivity index (χ3n) is 7.49. The van der Waals surface area contributed by atoms with Crippen molar-refractivity contribution in [2.75, 3.05) is 20.3 Å². The van der Waals surface area contributed by atoms with E-state index in [4.69, 9.17) is 9.47 Å². The van der Waals surface area contributed by atoms with Crippen molar-refractivity contribution >= 4 is 10.9 Å². The maximum Gasteiger partial charge on any atom is 0.125 e. The van der Waals surface area contributed by atoms with Crippen LogP contribution >= 0.6 is 0 Å². The predicted molar refractivity (Wildman–Crippen MR) is 117 cm³/mol. The van der Waals surface area contributed by atoms with E-state index in [1.54, 1.807) is 19.2 Å². The van der Waals surface area contributed by atoms with E-state index in [2.05, 4.69) is 24.2 Å². The molecule has 31 heavy (non-hydrogen) atoms. The first-order valence-electron chi connectivity index (χ1n) is 11.1. The van der Waals surface area contributed by atoms with Crippen LogP contribution in [0.15, 0.2) is 42.6 Å². The number of nitrogens with zero attached hydrogens (tertiary/aromatic N) is 2. The van der Waals surface area contributed by atoms with E-state index in [0.717, 1.165) is 54.4 Å². The molecule has 0 spiro atoms. The predicted octanol–water partition coefficient (Wildman–Crippen LogP) is 4.77. The van der Waals surface area contributed by atoms with Crippen LogP contribution in [0, 0.1) is 11.7 Å². The van der Waals surface area contributed by atoms with E-state index in [-0.39, 0.29) is 11.2 Å². The van der Waals surface area contributed by atoms with Crippen molar-refractivity contribution in [1.82, 2.24) is 9.78 Å². The normalized spacial score (nSPS) is 27.9. The molecule has 0 bridgehead atoms. The Morgan fingerprint density at radius 3 is 2.81 bits per heavy atom. The van der Waals surface area contributed by atoms with Crippen molar-refractivity contribution in [1.29, 1.82) is 0 Å². The number of aromatic nitrogens is 2. The molecule has 0 unspecified atom stereocenters. The lowest BCUT2D eigenvalue weighted by atomic mass is 9.57. The topological polar surface area (TPSA) is 56.5 Å². The lowest BCUT2D eigenvalue weighted by Gasteiger charge is -2.49. The summed E-state index contributed by atoms with van der Waals surface area (Å²) < 4.78 is 26.8. The molecule has 5 nitrogen and oxygen atoms in total. The number of rotatable bonds is 4. The molecular formula is C25H29FN2O3. The molecule has 2 aromatic carbocycles. The highest BCUT2D eigenvalue weighted by Gasteiger charge is 2.50. The number of aliphatic hydroxyl groups is 1. The third kappa shape index (κ3) is 3.33. The molecule has 6 heteroatoms. The van der Waals surface area contributed by atoms with Gasteiger partial charge in [-0.3, -0.25) is 0 Å². The molecule has 0 radical (unpaired) electrons. The molecule has 0 saturated heterocycles. The summed E-state index contributed by atoms with van der Waals surface area (Å²) in [7, 11) is 1.65. The van der Waals surface area contributed by atoms with Crippen molar-refractivity contribution in [3.05, 3.63) is 54.0 Å². The molecule has 3 atom stereocenters. The van der Waals surface area contributed by atoms with Gasteiger partial charge in [-0.1, -0.05) is 6.92 Å². The second kappa shape index (κ2) is 7.61. The van der Waals surface area contributed by atoms with Gasteiger partial charge in [0.1, 0.15) is 11.6 Å². The van der Waals surface area contributed by atoms with Gasteiger partial charge in [-0.2, -0.15) is 5.10 Å². The van der Waals surface area contributed by atoms with E-state index in [1.165, 1.54) is 17.7 Å². The average Bonchev–Trinajstić information content (AvgIpc) is 3.10. The first-order valence-corrected chi connectivity index (χ1v) is 11.1. The van der Waals surface area contributed by atoms with E-state index >= 15 is 0 Å².